The van der Waals surface area contributed by atoms with Gasteiger partial charge in [-0.2, -0.15) is 13.2 Å². The van der Waals surface area contributed by atoms with Crippen LogP contribution in [0, 0.1) is 11.8 Å². The van der Waals surface area contributed by atoms with Crippen LogP contribution in [-0.2, 0) is 14.6 Å². The Hall–Kier alpha value is -1.52. The van der Waals surface area contributed by atoms with E-state index in [2.05, 4.69) is 5.32 Å². The van der Waals surface area contributed by atoms with Crippen molar-refractivity contribution in [3.8, 4) is 0 Å². The average molecular weight is 374 g/mol. The molecular formula is C13H21F3N2O5S. The van der Waals surface area contributed by atoms with Crippen LogP contribution in [0.15, 0.2) is 0 Å². The smallest absolute Gasteiger partial charge is 0.394 e. The summed E-state index contributed by atoms with van der Waals surface area (Å²) in [5, 5.41) is 11.1. The van der Waals surface area contributed by atoms with Crippen molar-refractivity contribution >= 4 is 21.8 Å². The molecule has 2 N–H and O–H groups in total. The van der Waals surface area contributed by atoms with Crippen LogP contribution < -0.4 is 5.32 Å². The predicted molar refractivity (Wildman–Crippen MR) is 79.2 cm³/mol. The molecule has 0 unspecified atom stereocenters. The number of carboxylic acids is 1. The van der Waals surface area contributed by atoms with Crippen LogP contribution >= 0.6 is 0 Å². The molecule has 0 aromatic carbocycles. The van der Waals surface area contributed by atoms with E-state index in [1.54, 1.807) is 0 Å². The van der Waals surface area contributed by atoms with E-state index in [0.29, 0.717) is 0 Å². The number of halogens is 3. The van der Waals surface area contributed by atoms with Crippen molar-refractivity contribution in [3.05, 3.63) is 0 Å². The number of sulfone groups is 1. The number of aliphatic carboxylic acids is 1. The van der Waals surface area contributed by atoms with Crippen molar-refractivity contribution in [1.82, 2.24) is 10.2 Å². The van der Waals surface area contributed by atoms with Gasteiger partial charge < -0.3 is 15.3 Å². The fourth-order valence-electron chi connectivity index (χ4n) is 2.26. The summed E-state index contributed by atoms with van der Waals surface area (Å²) in [7, 11) is -3.48. The highest BCUT2D eigenvalue weighted by atomic mass is 32.2. The van der Waals surface area contributed by atoms with Crippen LogP contribution in [0.5, 0.6) is 0 Å². The molecule has 11 heteroatoms. The summed E-state index contributed by atoms with van der Waals surface area (Å²) in [4.78, 5) is 23.6. The van der Waals surface area contributed by atoms with E-state index in [0.717, 1.165) is 4.90 Å². The summed E-state index contributed by atoms with van der Waals surface area (Å²) in [6.45, 7) is 2.89. The molecule has 0 bridgehead atoms. The van der Waals surface area contributed by atoms with Gasteiger partial charge in [0.2, 0.25) is 0 Å². The number of carbonyl (C=O) groups excluding carboxylic acids is 1. The lowest BCUT2D eigenvalue weighted by atomic mass is 9.96. The number of alkyl halides is 3. The zero-order valence-corrected chi connectivity index (χ0v) is 14.4. The molecule has 140 valence electrons. The Morgan fingerprint density at radius 1 is 1.21 bits per heavy atom. The van der Waals surface area contributed by atoms with Crippen LogP contribution in [0.4, 0.5) is 18.0 Å². The number of nitrogens with zero attached hydrogens (tertiary/aromatic N) is 1. The number of urea groups is 1. The third kappa shape index (κ3) is 4.74. The Balaban J connectivity index is 2.66. The molecule has 0 aromatic heterocycles. The average Bonchev–Trinajstić information content (AvgIpc) is 2.81. The monoisotopic (exact) mass is 374 g/mol. The third-order valence-electron chi connectivity index (χ3n) is 3.92. The second kappa shape index (κ2) is 6.77. The standard InChI is InChI=1S/C13H21F3N2O5S/c1-12(2,3)24(22,23)5-4-17-11(21)18-6-8(10(19)20)9(7-18)13(14,15)16/h8-9H,4-7H2,1-3H3,(H,17,21)(H,19,20)/t8-,9-/m1/s1. The number of carbonyl (C=O) groups is 2. The lowest BCUT2D eigenvalue weighted by Crippen LogP contribution is -2.42. The van der Waals surface area contributed by atoms with E-state index in [9.17, 15) is 31.2 Å². The molecule has 0 spiro atoms. The van der Waals surface area contributed by atoms with Gasteiger partial charge in [-0.3, -0.25) is 4.79 Å². The van der Waals surface area contributed by atoms with E-state index in [1.165, 1.54) is 20.8 Å². The van der Waals surface area contributed by atoms with E-state index in [4.69, 9.17) is 5.11 Å². The zero-order valence-electron chi connectivity index (χ0n) is 13.6. The number of nitrogens with one attached hydrogen (secondary N) is 1. The first-order valence-corrected chi connectivity index (χ1v) is 8.86. The summed E-state index contributed by atoms with van der Waals surface area (Å²) in [6.07, 6.45) is -4.73. The molecule has 1 heterocycles. The Morgan fingerprint density at radius 3 is 2.12 bits per heavy atom. The van der Waals surface area contributed by atoms with E-state index < -0.39 is 57.7 Å². The molecule has 1 aliphatic heterocycles. The number of amides is 2. The van der Waals surface area contributed by atoms with Crippen molar-refractivity contribution in [2.75, 3.05) is 25.4 Å². The van der Waals surface area contributed by atoms with Gasteiger partial charge in [0.15, 0.2) is 9.84 Å². The van der Waals surface area contributed by atoms with Gasteiger partial charge in [0, 0.05) is 19.6 Å². The number of rotatable bonds is 4. The van der Waals surface area contributed by atoms with Crippen LogP contribution in [0.3, 0.4) is 0 Å². The maximum atomic E-state index is 12.8. The number of likely N-dealkylation sites (tertiary alicyclic amines) is 1. The predicted octanol–water partition coefficient (Wildman–Crippen LogP) is 1.10. The fraction of sp³-hybridized carbons (Fsp3) is 0.846. The Labute approximate surface area is 138 Å². The summed E-state index contributed by atoms with van der Waals surface area (Å²) >= 11 is 0. The van der Waals surface area contributed by atoms with Gasteiger partial charge in [-0.05, 0) is 20.8 Å². The van der Waals surface area contributed by atoms with Crippen LogP contribution in [0.1, 0.15) is 20.8 Å². The fourth-order valence-corrected chi connectivity index (χ4v) is 3.25. The van der Waals surface area contributed by atoms with Gasteiger partial charge in [0.05, 0.1) is 22.3 Å². The Bertz CT molecular complexity index is 598. The largest absolute Gasteiger partial charge is 0.481 e. The van der Waals surface area contributed by atoms with E-state index >= 15 is 0 Å². The molecule has 7 nitrogen and oxygen atoms in total. The molecule has 1 fully saturated rings. The quantitative estimate of drug-likeness (QED) is 0.767. The van der Waals surface area contributed by atoms with Crippen LogP contribution in [0.25, 0.3) is 0 Å². The van der Waals surface area contributed by atoms with E-state index in [1.807, 2.05) is 0 Å². The van der Waals surface area contributed by atoms with Gasteiger partial charge >= 0.3 is 18.2 Å². The van der Waals surface area contributed by atoms with Crippen molar-refractivity contribution in [2.45, 2.75) is 31.7 Å². The van der Waals surface area contributed by atoms with Gasteiger partial charge in [-0.25, -0.2) is 13.2 Å². The van der Waals surface area contributed by atoms with Gasteiger partial charge in [0.1, 0.15) is 0 Å². The number of hydrogen-bond donors (Lipinski definition) is 2. The minimum absolute atomic E-state index is 0.261. The molecule has 0 aromatic rings. The molecule has 2 amide bonds. The second-order valence-corrected chi connectivity index (χ2v) is 9.52. The highest BCUT2D eigenvalue weighted by Gasteiger charge is 2.53. The minimum atomic E-state index is -4.73. The molecule has 0 saturated carbocycles. The van der Waals surface area contributed by atoms with Gasteiger partial charge in [-0.15, -0.1) is 0 Å². The molecule has 0 radical (unpaired) electrons. The summed E-state index contributed by atoms with van der Waals surface area (Å²) < 4.78 is 61.3. The van der Waals surface area contributed by atoms with Crippen molar-refractivity contribution < 1.29 is 36.3 Å². The molecule has 0 aliphatic carbocycles. The van der Waals surface area contributed by atoms with Gasteiger partial charge in [-0.1, -0.05) is 0 Å². The molecule has 1 aliphatic rings. The lowest BCUT2D eigenvalue weighted by Gasteiger charge is -2.21. The maximum absolute atomic E-state index is 12.8. The molecule has 1 rings (SSSR count). The topological polar surface area (TPSA) is 104 Å². The SMILES string of the molecule is CC(C)(C)S(=O)(=O)CCNC(=O)N1C[C@@H](C(F)(F)F)[C@H](C(=O)O)C1. The van der Waals surface area contributed by atoms with E-state index in [-0.39, 0.29) is 12.3 Å². The molecule has 2 atom stereocenters. The van der Waals surface area contributed by atoms with Gasteiger partial charge in [0.25, 0.3) is 0 Å². The Morgan fingerprint density at radius 2 is 1.75 bits per heavy atom. The molecule has 24 heavy (non-hydrogen) atoms. The minimum Gasteiger partial charge on any atom is -0.481 e. The zero-order chi connectivity index (χ0) is 18.9. The van der Waals surface area contributed by atoms with Crippen molar-refractivity contribution in [2.24, 2.45) is 11.8 Å². The Kier molecular flexibility index (Phi) is 5.79. The lowest BCUT2D eigenvalue weighted by molar-refractivity contribution is -0.187. The molecular weight excluding hydrogens is 353 g/mol. The maximum Gasteiger partial charge on any atom is 0.394 e. The van der Waals surface area contributed by atoms with Crippen molar-refractivity contribution in [1.29, 1.82) is 0 Å². The molecule has 1 saturated heterocycles. The van der Waals surface area contributed by atoms with Crippen molar-refractivity contribution in [3.63, 3.8) is 0 Å². The number of hydrogen-bond acceptors (Lipinski definition) is 4. The number of carboxylic acid groups (broad SMARTS) is 1. The highest BCUT2D eigenvalue weighted by Crippen LogP contribution is 2.37. The second-order valence-electron chi connectivity index (χ2n) is 6.66. The highest BCUT2D eigenvalue weighted by molar-refractivity contribution is 7.92. The summed E-state index contributed by atoms with van der Waals surface area (Å²) in [6, 6.07) is -0.905. The summed E-state index contributed by atoms with van der Waals surface area (Å²) in [5.41, 5.74) is 0. The first-order chi connectivity index (χ1) is 10.7. The first kappa shape index (κ1) is 20.5. The van der Waals surface area contributed by atoms with Crippen LogP contribution in [0.2, 0.25) is 0 Å². The first-order valence-electron chi connectivity index (χ1n) is 7.21. The third-order valence-corrected chi connectivity index (χ3v) is 6.53. The van der Waals surface area contributed by atoms with Crippen LogP contribution in [-0.4, -0.2) is 66.7 Å². The summed E-state index contributed by atoms with van der Waals surface area (Å²) in [5.74, 6) is -5.85. The normalized spacial score (nSPS) is 22.5.